The van der Waals surface area contributed by atoms with Gasteiger partial charge in [-0.15, -0.1) is 24.0 Å². The van der Waals surface area contributed by atoms with Crippen molar-refractivity contribution in [2.24, 2.45) is 4.99 Å². The van der Waals surface area contributed by atoms with Crippen LogP contribution < -0.4 is 10.6 Å². The number of ether oxygens (including phenoxy) is 2. The molecule has 0 saturated carbocycles. The van der Waals surface area contributed by atoms with Gasteiger partial charge in [0.2, 0.25) is 0 Å². The highest BCUT2D eigenvalue weighted by Crippen LogP contribution is 2.16. The summed E-state index contributed by atoms with van der Waals surface area (Å²) in [5, 5.41) is 6.26. The number of rotatable bonds is 11. The van der Waals surface area contributed by atoms with Gasteiger partial charge >= 0.3 is 12.1 Å². The molecule has 10 heteroatoms. The minimum absolute atomic E-state index is 0. The van der Waals surface area contributed by atoms with Gasteiger partial charge in [0.05, 0.1) is 19.8 Å². The zero-order chi connectivity index (χ0) is 20.8. The first-order valence-electron chi connectivity index (χ1n) is 9.24. The number of esters is 1. The molecular weight excluding hydrogens is 502 g/mol. The second kappa shape index (κ2) is 15.3. The van der Waals surface area contributed by atoms with E-state index in [1.165, 1.54) is 0 Å². The predicted molar refractivity (Wildman–Crippen MR) is 116 cm³/mol. The van der Waals surface area contributed by atoms with Crippen molar-refractivity contribution in [2.45, 2.75) is 46.0 Å². The number of guanidine groups is 1. The molecule has 0 aromatic heterocycles. The lowest BCUT2D eigenvalue weighted by Crippen LogP contribution is -2.37. The zero-order valence-corrected chi connectivity index (χ0v) is 19.0. The molecule has 0 amide bonds. The Bertz CT molecular complexity index is 611. The molecule has 0 unspecified atom stereocenters. The van der Waals surface area contributed by atoms with Gasteiger partial charge in [0.15, 0.2) is 5.96 Å². The standard InChI is InChI=1S/C19H28F3N3O3.HI/c1-3-23-18(24-11-5-6-17(26)28-4-2)25-12-15-7-9-16(10-8-15)13-27-14-19(20,21)22;/h7-10H,3-6,11-14H2,1-2H3,(H2,23,24,25);1H. The molecule has 0 aliphatic heterocycles. The number of benzene rings is 1. The van der Waals surface area contributed by atoms with Crippen molar-refractivity contribution in [1.82, 2.24) is 10.6 Å². The highest BCUT2D eigenvalue weighted by Gasteiger charge is 2.27. The summed E-state index contributed by atoms with van der Waals surface area (Å²) in [5.74, 6) is 0.412. The molecule has 0 spiro atoms. The van der Waals surface area contributed by atoms with Crippen LogP contribution in [0.4, 0.5) is 13.2 Å². The highest BCUT2D eigenvalue weighted by atomic mass is 127. The fourth-order valence-electron chi connectivity index (χ4n) is 2.21. The number of carbonyl (C=O) groups is 1. The van der Waals surface area contributed by atoms with E-state index < -0.39 is 12.8 Å². The van der Waals surface area contributed by atoms with Gasteiger partial charge in [0.25, 0.3) is 0 Å². The van der Waals surface area contributed by atoms with Crippen molar-refractivity contribution >= 4 is 35.9 Å². The second-order valence-electron chi connectivity index (χ2n) is 5.95. The molecule has 166 valence electrons. The lowest BCUT2D eigenvalue weighted by atomic mass is 10.1. The van der Waals surface area contributed by atoms with Crippen LogP contribution in [0.25, 0.3) is 0 Å². The third-order valence-corrected chi connectivity index (χ3v) is 3.48. The highest BCUT2D eigenvalue weighted by molar-refractivity contribution is 14.0. The Morgan fingerprint density at radius 2 is 1.76 bits per heavy atom. The minimum Gasteiger partial charge on any atom is -0.466 e. The summed E-state index contributed by atoms with van der Waals surface area (Å²) in [5.41, 5.74) is 1.59. The van der Waals surface area contributed by atoms with Crippen LogP contribution in [0.2, 0.25) is 0 Å². The number of nitrogens with zero attached hydrogens (tertiary/aromatic N) is 1. The SMILES string of the molecule is CCNC(=NCc1ccc(COCC(F)(F)F)cc1)NCCCC(=O)OCC.I. The molecule has 0 heterocycles. The summed E-state index contributed by atoms with van der Waals surface area (Å²) in [7, 11) is 0. The van der Waals surface area contributed by atoms with E-state index in [0.29, 0.717) is 50.6 Å². The van der Waals surface area contributed by atoms with E-state index >= 15 is 0 Å². The lowest BCUT2D eigenvalue weighted by Gasteiger charge is -2.11. The van der Waals surface area contributed by atoms with Crippen LogP contribution in [0.1, 0.15) is 37.8 Å². The summed E-state index contributed by atoms with van der Waals surface area (Å²) < 4.78 is 45.7. The Morgan fingerprint density at radius 1 is 1.10 bits per heavy atom. The van der Waals surface area contributed by atoms with E-state index in [9.17, 15) is 18.0 Å². The maximum absolute atomic E-state index is 12.1. The van der Waals surface area contributed by atoms with Crippen LogP contribution in [-0.4, -0.2) is 44.4 Å². The number of alkyl halides is 3. The fraction of sp³-hybridized carbons (Fsp3) is 0.579. The monoisotopic (exact) mass is 531 g/mol. The molecule has 0 bridgehead atoms. The van der Waals surface area contributed by atoms with Crippen molar-refractivity contribution in [2.75, 3.05) is 26.3 Å². The molecule has 6 nitrogen and oxygen atoms in total. The van der Waals surface area contributed by atoms with Gasteiger partial charge in [-0.05, 0) is 31.4 Å². The topological polar surface area (TPSA) is 72.0 Å². The molecule has 0 saturated heterocycles. The van der Waals surface area contributed by atoms with Crippen molar-refractivity contribution in [3.8, 4) is 0 Å². The van der Waals surface area contributed by atoms with Crippen LogP contribution in [0.15, 0.2) is 29.3 Å². The Labute approximate surface area is 186 Å². The molecule has 2 N–H and O–H groups in total. The summed E-state index contributed by atoms with van der Waals surface area (Å²) in [4.78, 5) is 15.8. The van der Waals surface area contributed by atoms with Gasteiger partial charge in [-0.3, -0.25) is 4.79 Å². The largest absolute Gasteiger partial charge is 0.466 e. The average molecular weight is 531 g/mol. The van der Waals surface area contributed by atoms with Gasteiger partial charge < -0.3 is 20.1 Å². The maximum Gasteiger partial charge on any atom is 0.411 e. The quantitative estimate of drug-likeness (QED) is 0.150. The Balaban J connectivity index is 0.00000784. The Hall–Kier alpha value is -1.56. The molecule has 0 fully saturated rings. The van der Waals surface area contributed by atoms with E-state index in [0.717, 1.165) is 5.56 Å². The molecule has 1 rings (SSSR count). The molecule has 1 aromatic rings. The van der Waals surface area contributed by atoms with Crippen molar-refractivity contribution in [3.05, 3.63) is 35.4 Å². The number of nitrogens with one attached hydrogen (secondary N) is 2. The van der Waals surface area contributed by atoms with Gasteiger partial charge in [-0.25, -0.2) is 4.99 Å². The second-order valence-corrected chi connectivity index (χ2v) is 5.95. The minimum atomic E-state index is -4.32. The number of carbonyl (C=O) groups excluding carboxylic acids is 1. The first kappa shape index (κ1) is 27.4. The molecular formula is C19H29F3IN3O3. The third-order valence-electron chi connectivity index (χ3n) is 3.48. The summed E-state index contributed by atoms with van der Waals surface area (Å²) in [6, 6.07) is 7.06. The van der Waals surface area contributed by atoms with Crippen molar-refractivity contribution in [3.63, 3.8) is 0 Å². The van der Waals surface area contributed by atoms with Gasteiger partial charge in [-0.1, -0.05) is 24.3 Å². The van der Waals surface area contributed by atoms with E-state index in [2.05, 4.69) is 20.4 Å². The molecule has 0 atom stereocenters. The molecule has 0 aliphatic rings. The number of aliphatic imine (C=N–C) groups is 1. The molecule has 29 heavy (non-hydrogen) atoms. The maximum atomic E-state index is 12.1. The molecule has 0 aliphatic carbocycles. The first-order valence-corrected chi connectivity index (χ1v) is 9.24. The molecule has 0 radical (unpaired) electrons. The number of halogens is 4. The van der Waals surface area contributed by atoms with Crippen LogP contribution in [0, 0.1) is 0 Å². The zero-order valence-electron chi connectivity index (χ0n) is 16.7. The van der Waals surface area contributed by atoms with Crippen molar-refractivity contribution in [1.29, 1.82) is 0 Å². The van der Waals surface area contributed by atoms with Gasteiger partial charge in [0, 0.05) is 19.5 Å². The van der Waals surface area contributed by atoms with Crippen molar-refractivity contribution < 1.29 is 27.4 Å². The Morgan fingerprint density at radius 3 is 2.34 bits per heavy atom. The summed E-state index contributed by atoms with van der Waals surface area (Å²) in [6.45, 7) is 4.44. The number of hydrogen-bond donors (Lipinski definition) is 2. The summed E-state index contributed by atoms with van der Waals surface area (Å²) in [6.07, 6.45) is -3.34. The summed E-state index contributed by atoms with van der Waals surface area (Å²) >= 11 is 0. The van der Waals surface area contributed by atoms with E-state index in [1.54, 1.807) is 31.2 Å². The normalized spacial score (nSPS) is 11.6. The van der Waals surface area contributed by atoms with E-state index in [-0.39, 0.29) is 36.6 Å². The van der Waals surface area contributed by atoms with Crippen LogP contribution in [0.3, 0.4) is 0 Å². The van der Waals surface area contributed by atoms with Gasteiger partial charge in [0.1, 0.15) is 6.61 Å². The lowest BCUT2D eigenvalue weighted by molar-refractivity contribution is -0.176. The fourth-order valence-corrected chi connectivity index (χ4v) is 2.21. The van der Waals surface area contributed by atoms with Crippen LogP contribution in [-0.2, 0) is 27.4 Å². The van der Waals surface area contributed by atoms with Gasteiger partial charge in [-0.2, -0.15) is 13.2 Å². The van der Waals surface area contributed by atoms with Crippen LogP contribution in [0.5, 0.6) is 0 Å². The van der Waals surface area contributed by atoms with E-state index in [4.69, 9.17) is 4.74 Å². The van der Waals surface area contributed by atoms with Crippen LogP contribution >= 0.6 is 24.0 Å². The Kier molecular flexibility index (Phi) is 14.5. The predicted octanol–water partition coefficient (Wildman–Crippen LogP) is 3.78. The van der Waals surface area contributed by atoms with E-state index in [1.807, 2.05) is 6.92 Å². The molecule has 1 aromatic carbocycles. The average Bonchev–Trinajstić information content (AvgIpc) is 2.63. The first-order chi connectivity index (χ1) is 13.3. The number of hydrogen-bond acceptors (Lipinski definition) is 4. The third kappa shape index (κ3) is 14.1. The smallest absolute Gasteiger partial charge is 0.411 e.